The first-order valence-electron chi connectivity index (χ1n) is 4.29. The minimum atomic E-state index is 0.0628. The third-order valence-electron chi connectivity index (χ3n) is 1.55. The van der Waals surface area contributed by atoms with Gasteiger partial charge in [0.25, 0.3) is 0 Å². The van der Waals surface area contributed by atoms with Crippen LogP contribution in [0.25, 0.3) is 0 Å². The molecule has 0 saturated carbocycles. The molecule has 0 amide bonds. The molecule has 0 aliphatic heterocycles. The molecule has 0 aromatic carbocycles. The Labute approximate surface area is 87.9 Å². The van der Waals surface area contributed by atoms with Crippen molar-refractivity contribution in [1.82, 2.24) is 4.98 Å². The Morgan fingerprint density at radius 3 is 2.46 bits per heavy atom. The normalized spacial score (nSPS) is 11.5. The number of hydrogen-bond acceptors (Lipinski definition) is 2. The van der Waals surface area contributed by atoms with E-state index < -0.39 is 0 Å². The van der Waals surface area contributed by atoms with Gasteiger partial charge in [0.05, 0.1) is 0 Å². The van der Waals surface area contributed by atoms with Crippen LogP contribution in [0, 0.1) is 6.92 Å². The number of aromatic nitrogens is 1. The van der Waals surface area contributed by atoms with Crippen molar-refractivity contribution < 1.29 is 0 Å². The van der Waals surface area contributed by atoms with Crippen LogP contribution in [0.1, 0.15) is 26.3 Å². The van der Waals surface area contributed by atoms with Gasteiger partial charge in [-0.1, -0.05) is 0 Å². The average Bonchev–Trinajstić information content (AvgIpc) is 1.94. The third-order valence-corrected chi connectivity index (χ3v) is 2.38. The van der Waals surface area contributed by atoms with Crippen molar-refractivity contribution >= 4 is 21.7 Å². The SMILES string of the molecule is Cc1cc(NC(C)(C)C)ncc1Br. The third kappa shape index (κ3) is 3.35. The van der Waals surface area contributed by atoms with E-state index in [1.807, 2.05) is 12.3 Å². The lowest BCUT2D eigenvalue weighted by Gasteiger charge is -2.21. The van der Waals surface area contributed by atoms with Crippen LogP contribution in [0.15, 0.2) is 16.7 Å². The summed E-state index contributed by atoms with van der Waals surface area (Å²) in [6, 6.07) is 2.04. The van der Waals surface area contributed by atoms with Crippen molar-refractivity contribution in [3.63, 3.8) is 0 Å². The second kappa shape index (κ2) is 3.66. The zero-order valence-electron chi connectivity index (χ0n) is 8.48. The number of nitrogens with one attached hydrogen (secondary N) is 1. The first-order chi connectivity index (χ1) is 5.88. The van der Waals surface area contributed by atoms with Crippen molar-refractivity contribution in [3.8, 4) is 0 Å². The van der Waals surface area contributed by atoms with Crippen LogP contribution in [0.5, 0.6) is 0 Å². The number of rotatable bonds is 1. The molecule has 0 atom stereocenters. The summed E-state index contributed by atoms with van der Waals surface area (Å²) < 4.78 is 1.05. The topological polar surface area (TPSA) is 24.9 Å². The fourth-order valence-electron chi connectivity index (χ4n) is 0.992. The second-order valence-corrected chi connectivity index (χ2v) is 5.05. The molecule has 1 rings (SSSR count). The minimum Gasteiger partial charge on any atom is -0.365 e. The molecule has 0 unspecified atom stereocenters. The van der Waals surface area contributed by atoms with Crippen molar-refractivity contribution in [3.05, 3.63) is 22.3 Å². The predicted molar refractivity (Wildman–Crippen MR) is 60.0 cm³/mol. The summed E-state index contributed by atoms with van der Waals surface area (Å²) in [4.78, 5) is 4.27. The molecule has 0 radical (unpaired) electrons. The second-order valence-electron chi connectivity index (χ2n) is 4.19. The van der Waals surface area contributed by atoms with E-state index in [0.29, 0.717) is 0 Å². The highest BCUT2D eigenvalue weighted by molar-refractivity contribution is 9.10. The largest absolute Gasteiger partial charge is 0.365 e. The van der Waals surface area contributed by atoms with Gasteiger partial charge in [0.1, 0.15) is 5.82 Å². The zero-order chi connectivity index (χ0) is 10.1. The van der Waals surface area contributed by atoms with Gasteiger partial charge in [0, 0.05) is 16.2 Å². The summed E-state index contributed by atoms with van der Waals surface area (Å²) in [5, 5.41) is 3.32. The van der Waals surface area contributed by atoms with E-state index in [1.54, 1.807) is 0 Å². The molecule has 0 spiro atoms. The van der Waals surface area contributed by atoms with Gasteiger partial charge in [-0.3, -0.25) is 0 Å². The van der Waals surface area contributed by atoms with E-state index in [4.69, 9.17) is 0 Å². The summed E-state index contributed by atoms with van der Waals surface area (Å²) in [5.41, 5.74) is 1.26. The molecular weight excluding hydrogens is 228 g/mol. The van der Waals surface area contributed by atoms with Crippen LogP contribution < -0.4 is 5.32 Å². The maximum Gasteiger partial charge on any atom is 0.126 e. The van der Waals surface area contributed by atoms with Gasteiger partial charge >= 0.3 is 0 Å². The summed E-state index contributed by atoms with van der Waals surface area (Å²) in [6.07, 6.45) is 1.82. The molecule has 13 heavy (non-hydrogen) atoms. The van der Waals surface area contributed by atoms with Crippen LogP contribution >= 0.6 is 15.9 Å². The fourth-order valence-corrected chi connectivity index (χ4v) is 1.21. The highest BCUT2D eigenvalue weighted by Crippen LogP contribution is 2.19. The molecule has 0 bridgehead atoms. The molecule has 0 aliphatic rings. The summed E-state index contributed by atoms with van der Waals surface area (Å²) >= 11 is 3.42. The molecule has 0 fully saturated rings. The Bertz CT molecular complexity index is 302. The number of anilines is 1. The molecule has 1 aromatic heterocycles. The van der Waals surface area contributed by atoms with E-state index in [2.05, 4.69) is 53.9 Å². The number of nitrogens with zero attached hydrogens (tertiary/aromatic N) is 1. The lowest BCUT2D eigenvalue weighted by molar-refractivity contribution is 0.630. The molecular formula is C10H15BrN2. The number of halogens is 1. The lowest BCUT2D eigenvalue weighted by Crippen LogP contribution is -2.26. The van der Waals surface area contributed by atoms with E-state index >= 15 is 0 Å². The van der Waals surface area contributed by atoms with Gasteiger partial charge in [-0.05, 0) is 55.3 Å². The standard InChI is InChI=1S/C10H15BrN2/c1-7-5-9(12-6-8(7)11)13-10(2,3)4/h5-6H,1-4H3,(H,12,13). The van der Waals surface area contributed by atoms with Gasteiger partial charge < -0.3 is 5.32 Å². The number of hydrogen-bond donors (Lipinski definition) is 1. The van der Waals surface area contributed by atoms with Crippen LogP contribution in [0.3, 0.4) is 0 Å². The van der Waals surface area contributed by atoms with E-state index in [1.165, 1.54) is 5.56 Å². The maximum absolute atomic E-state index is 4.27. The van der Waals surface area contributed by atoms with Crippen molar-refractivity contribution in [2.24, 2.45) is 0 Å². The van der Waals surface area contributed by atoms with Crippen LogP contribution in [-0.4, -0.2) is 10.5 Å². The van der Waals surface area contributed by atoms with Crippen molar-refractivity contribution in [1.29, 1.82) is 0 Å². The Morgan fingerprint density at radius 1 is 1.38 bits per heavy atom. The lowest BCUT2D eigenvalue weighted by atomic mass is 10.1. The first-order valence-corrected chi connectivity index (χ1v) is 5.08. The molecule has 72 valence electrons. The average molecular weight is 243 g/mol. The zero-order valence-corrected chi connectivity index (χ0v) is 10.1. The minimum absolute atomic E-state index is 0.0628. The summed E-state index contributed by atoms with van der Waals surface area (Å²) in [6.45, 7) is 8.41. The Kier molecular flexibility index (Phi) is 2.96. The molecule has 0 aliphatic carbocycles. The highest BCUT2D eigenvalue weighted by Gasteiger charge is 2.10. The molecule has 3 heteroatoms. The smallest absolute Gasteiger partial charge is 0.126 e. The molecule has 0 saturated heterocycles. The van der Waals surface area contributed by atoms with E-state index in [9.17, 15) is 0 Å². The van der Waals surface area contributed by atoms with Crippen LogP contribution in [-0.2, 0) is 0 Å². The fraction of sp³-hybridized carbons (Fsp3) is 0.500. The number of aryl methyl sites for hydroxylation is 1. The Hall–Kier alpha value is -0.570. The monoisotopic (exact) mass is 242 g/mol. The predicted octanol–water partition coefficient (Wildman–Crippen LogP) is 3.36. The summed E-state index contributed by atoms with van der Waals surface area (Å²) in [5.74, 6) is 0.924. The highest BCUT2D eigenvalue weighted by atomic mass is 79.9. The Balaban J connectivity index is 2.86. The molecule has 2 nitrogen and oxygen atoms in total. The van der Waals surface area contributed by atoms with Gasteiger partial charge in [0.2, 0.25) is 0 Å². The first kappa shape index (κ1) is 10.5. The Morgan fingerprint density at radius 2 is 2.00 bits per heavy atom. The number of pyridine rings is 1. The molecule has 1 aromatic rings. The van der Waals surface area contributed by atoms with Gasteiger partial charge in [-0.2, -0.15) is 0 Å². The van der Waals surface area contributed by atoms with Crippen molar-refractivity contribution in [2.75, 3.05) is 5.32 Å². The summed E-state index contributed by atoms with van der Waals surface area (Å²) in [7, 11) is 0. The van der Waals surface area contributed by atoms with Gasteiger partial charge in [0.15, 0.2) is 0 Å². The van der Waals surface area contributed by atoms with E-state index in [-0.39, 0.29) is 5.54 Å². The van der Waals surface area contributed by atoms with E-state index in [0.717, 1.165) is 10.3 Å². The molecule has 1 N–H and O–H groups in total. The molecule has 1 heterocycles. The van der Waals surface area contributed by atoms with Crippen LogP contribution in [0.2, 0.25) is 0 Å². The van der Waals surface area contributed by atoms with Crippen molar-refractivity contribution in [2.45, 2.75) is 33.2 Å². The van der Waals surface area contributed by atoms with Gasteiger partial charge in [-0.15, -0.1) is 0 Å². The maximum atomic E-state index is 4.27. The quantitative estimate of drug-likeness (QED) is 0.817. The van der Waals surface area contributed by atoms with Crippen LogP contribution in [0.4, 0.5) is 5.82 Å². The van der Waals surface area contributed by atoms with Gasteiger partial charge in [-0.25, -0.2) is 4.98 Å².